The van der Waals surface area contributed by atoms with Gasteiger partial charge in [0.1, 0.15) is 67.1 Å². The number of amides is 2. The molecule has 3 saturated heterocycles. The van der Waals surface area contributed by atoms with Crippen LogP contribution in [0.4, 0.5) is 0 Å². The van der Waals surface area contributed by atoms with E-state index in [-0.39, 0.29) is 12.3 Å². The normalized spacial score (nSPS) is 29.1. The molecule has 23 nitrogen and oxygen atoms in total. The second-order valence-corrected chi connectivity index (χ2v) is 24.7. The van der Waals surface area contributed by atoms with Crippen molar-refractivity contribution < 1.29 is 104 Å². The average molecular weight is 1260 g/mol. The lowest BCUT2D eigenvalue weighted by molar-refractivity contribution is -0.386. The predicted octanol–water partition coefficient (Wildman–Crippen LogP) is 5.28. The lowest BCUT2D eigenvalue weighted by atomic mass is 9.88. The van der Waals surface area contributed by atoms with Crippen molar-refractivity contribution in [3.63, 3.8) is 0 Å². The minimum atomic E-state index is -3.08. The molecule has 0 aromatic carbocycles. The number of carbonyl (C=O) groups is 3. The van der Waals surface area contributed by atoms with E-state index in [2.05, 4.69) is 36.6 Å². The number of allylic oxidation sites excluding steroid dienone is 3. The molecular formula is C65H118N2O21. The highest BCUT2D eigenvalue weighted by Gasteiger charge is 2.60. The van der Waals surface area contributed by atoms with E-state index >= 15 is 0 Å². The number of carboxylic acids is 1. The Hall–Kier alpha value is -2.79. The Bertz CT molecular complexity index is 1890. The van der Waals surface area contributed by atoms with Crippen molar-refractivity contribution in [3.8, 4) is 0 Å². The second-order valence-electron chi connectivity index (χ2n) is 24.7. The van der Waals surface area contributed by atoms with Gasteiger partial charge in [0.15, 0.2) is 12.6 Å². The van der Waals surface area contributed by atoms with Crippen LogP contribution in [-0.4, -0.2) is 215 Å². The molecule has 2 amide bonds. The Morgan fingerprint density at radius 1 is 0.591 bits per heavy atom. The maximum Gasteiger partial charge on any atom is 0.364 e. The van der Waals surface area contributed by atoms with Crippen LogP contribution < -0.4 is 10.6 Å². The lowest BCUT2D eigenvalue weighted by Gasteiger charge is -2.50. The lowest BCUT2D eigenvalue weighted by Crippen LogP contribution is -2.70. The highest BCUT2D eigenvalue weighted by molar-refractivity contribution is 5.77. The first-order valence-corrected chi connectivity index (χ1v) is 33.7. The summed E-state index contributed by atoms with van der Waals surface area (Å²) in [5.74, 6) is -6.15. The predicted molar refractivity (Wildman–Crippen MR) is 329 cm³/mol. The quantitative estimate of drug-likeness (QED) is 0.0272. The van der Waals surface area contributed by atoms with Crippen molar-refractivity contribution in [2.75, 3.05) is 26.4 Å². The first kappa shape index (κ1) is 79.4. The molecule has 14 N–H and O–H groups in total. The van der Waals surface area contributed by atoms with Gasteiger partial charge in [-0.05, 0) is 44.9 Å². The Balaban J connectivity index is 1.58. The van der Waals surface area contributed by atoms with E-state index in [1.165, 1.54) is 116 Å². The van der Waals surface area contributed by atoms with Crippen LogP contribution in [0.15, 0.2) is 24.3 Å². The number of aliphatic carboxylic acids is 1. The van der Waals surface area contributed by atoms with Crippen molar-refractivity contribution in [2.24, 2.45) is 0 Å². The number of hydrogen-bond acceptors (Lipinski definition) is 20. The zero-order valence-electron chi connectivity index (χ0n) is 53.3. The van der Waals surface area contributed by atoms with Gasteiger partial charge in [-0.1, -0.05) is 192 Å². The summed E-state index contributed by atoms with van der Waals surface area (Å²) < 4.78 is 34.7. The summed E-state index contributed by atoms with van der Waals surface area (Å²) in [7, 11) is 0. The maximum absolute atomic E-state index is 13.4. The molecule has 3 rings (SSSR count). The highest BCUT2D eigenvalue weighted by Crippen LogP contribution is 2.39. The van der Waals surface area contributed by atoms with E-state index in [0.717, 1.165) is 77.6 Å². The van der Waals surface area contributed by atoms with Gasteiger partial charge in [-0.15, -0.1) is 0 Å². The van der Waals surface area contributed by atoms with E-state index in [9.17, 15) is 75.7 Å². The van der Waals surface area contributed by atoms with E-state index in [1.807, 2.05) is 6.08 Å². The van der Waals surface area contributed by atoms with Crippen molar-refractivity contribution in [1.82, 2.24) is 10.6 Å². The van der Waals surface area contributed by atoms with Crippen LogP contribution in [0.2, 0.25) is 0 Å². The van der Waals surface area contributed by atoms with E-state index < -0.39 is 155 Å². The van der Waals surface area contributed by atoms with Crippen LogP contribution in [0.25, 0.3) is 0 Å². The third-order valence-corrected chi connectivity index (χ3v) is 17.1. The van der Waals surface area contributed by atoms with Gasteiger partial charge < -0.3 is 100 Å². The van der Waals surface area contributed by atoms with Crippen LogP contribution >= 0.6 is 0 Å². The second kappa shape index (κ2) is 46.3. The SMILES string of the molecule is CCCCCCCCCCC/C=C/C(O)C(COC1OC(CO)C(OC2OC(CO)C(O)C(OC3(C(=O)O)CC(O)C(NC(C)=O)C(C(O)C(O)CO)O3)C2O)C(O)C1O)NC(=O)CCCCCCCCC/C=C\CCCCCCCCCCCCCC. The van der Waals surface area contributed by atoms with Gasteiger partial charge in [-0.3, -0.25) is 9.59 Å². The third kappa shape index (κ3) is 29.0. The molecule has 0 spiro atoms. The topological polar surface area (TPSA) is 373 Å². The van der Waals surface area contributed by atoms with Gasteiger partial charge in [0.2, 0.25) is 11.8 Å². The number of carboxylic acid groups (broad SMARTS) is 1. The van der Waals surface area contributed by atoms with E-state index in [1.54, 1.807) is 6.08 Å². The molecule has 23 heteroatoms. The summed E-state index contributed by atoms with van der Waals surface area (Å²) in [6, 6.07) is -2.62. The summed E-state index contributed by atoms with van der Waals surface area (Å²) in [4.78, 5) is 38.5. The van der Waals surface area contributed by atoms with Crippen LogP contribution in [0, 0.1) is 0 Å². The highest BCUT2D eigenvalue weighted by atomic mass is 16.8. The molecule has 3 heterocycles. The molecule has 3 fully saturated rings. The Labute approximate surface area is 523 Å². The van der Waals surface area contributed by atoms with Crippen LogP contribution in [-0.2, 0) is 42.8 Å². The standard InChI is InChI=1S/C65H118N2O21/c1-4-6-8-10-12-14-16-17-18-19-20-21-22-23-24-25-26-27-29-31-33-35-37-39-52(75)67-46(47(72)38-36-34-32-30-28-15-13-11-9-7-5-2)44-83-62-57(79)56(78)59(51(43-70)85-62)86-63-58(80)61(55(77)50(42-69)84-63)88-65(64(81)82)40-48(73)53(66-45(3)71)60(87-65)54(76)49(74)41-68/h23-24,36,38,46-51,53-63,68-70,72-74,76-80H,4-22,25-35,37,39-44H2,1-3H3,(H,66,71)(H,67,75)(H,81,82)/b24-23-,38-36+. The molecule has 0 aliphatic carbocycles. The van der Waals surface area contributed by atoms with Crippen molar-refractivity contribution in [3.05, 3.63) is 24.3 Å². The summed E-state index contributed by atoms with van der Waals surface area (Å²) in [6.45, 7) is 2.10. The van der Waals surface area contributed by atoms with Crippen molar-refractivity contribution in [2.45, 2.75) is 342 Å². The summed E-state index contributed by atoms with van der Waals surface area (Å²) in [5, 5.41) is 136. The minimum absolute atomic E-state index is 0.196. The van der Waals surface area contributed by atoms with Crippen molar-refractivity contribution >= 4 is 17.8 Å². The third-order valence-electron chi connectivity index (χ3n) is 17.1. The number of carbonyl (C=O) groups excluding carboxylic acids is 2. The number of aliphatic hydroxyl groups excluding tert-OH is 11. The fraction of sp³-hybridized carbons (Fsp3) is 0.892. The molecule has 88 heavy (non-hydrogen) atoms. The van der Waals surface area contributed by atoms with Crippen LogP contribution in [0.3, 0.4) is 0 Å². The minimum Gasteiger partial charge on any atom is -0.477 e. The van der Waals surface area contributed by atoms with Gasteiger partial charge in [0, 0.05) is 19.8 Å². The monoisotopic (exact) mass is 1260 g/mol. The fourth-order valence-corrected chi connectivity index (χ4v) is 11.7. The van der Waals surface area contributed by atoms with Gasteiger partial charge in [-0.25, -0.2) is 4.79 Å². The number of hydrogen-bond donors (Lipinski definition) is 14. The number of ether oxygens (including phenoxy) is 6. The molecular weight excluding hydrogens is 1140 g/mol. The van der Waals surface area contributed by atoms with Crippen molar-refractivity contribution in [1.29, 1.82) is 0 Å². The molecule has 0 saturated carbocycles. The molecule has 3 aliphatic rings. The number of rotatable bonds is 50. The molecule has 0 aromatic rings. The zero-order chi connectivity index (χ0) is 64.7. The first-order chi connectivity index (χ1) is 42.4. The van der Waals surface area contributed by atoms with Crippen LogP contribution in [0.1, 0.15) is 233 Å². The molecule has 3 aliphatic heterocycles. The summed E-state index contributed by atoms with van der Waals surface area (Å²) in [5.41, 5.74) is 0. The molecule has 18 unspecified atom stereocenters. The van der Waals surface area contributed by atoms with Crippen LogP contribution in [0.5, 0.6) is 0 Å². The Morgan fingerprint density at radius 2 is 1.07 bits per heavy atom. The van der Waals surface area contributed by atoms with Gasteiger partial charge in [0.25, 0.3) is 5.79 Å². The average Bonchev–Trinajstić information content (AvgIpc) is 3.69. The molecule has 18 atom stereocenters. The molecule has 0 radical (unpaired) electrons. The number of unbranched alkanes of at least 4 members (excludes halogenated alkanes) is 28. The molecule has 514 valence electrons. The van der Waals surface area contributed by atoms with E-state index in [0.29, 0.717) is 12.8 Å². The number of aliphatic hydroxyl groups is 11. The fourth-order valence-electron chi connectivity index (χ4n) is 11.7. The zero-order valence-corrected chi connectivity index (χ0v) is 53.3. The van der Waals surface area contributed by atoms with Gasteiger partial charge in [-0.2, -0.15) is 0 Å². The smallest absolute Gasteiger partial charge is 0.364 e. The summed E-state index contributed by atoms with van der Waals surface area (Å²) >= 11 is 0. The number of nitrogens with one attached hydrogen (secondary N) is 2. The largest absolute Gasteiger partial charge is 0.477 e. The molecule has 0 bridgehead atoms. The van der Waals surface area contributed by atoms with Gasteiger partial charge in [0.05, 0.1) is 50.7 Å². The van der Waals surface area contributed by atoms with Gasteiger partial charge >= 0.3 is 5.97 Å². The Morgan fingerprint density at radius 3 is 1.55 bits per heavy atom. The summed E-state index contributed by atoms with van der Waals surface area (Å²) in [6.07, 6.45) is 15.3. The Kier molecular flexibility index (Phi) is 41.8. The maximum atomic E-state index is 13.4. The molecule has 0 aromatic heterocycles. The first-order valence-electron chi connectivity index (χ1n) is 33.7. The van der Waals surface area contributed by atoms with E-state index in [4.69, 9.17) is 28.4 Å².